The van der Waals surface area contributed by atoms with Gasteiger partial charge in [0.1, 0.15) is 5.75 Å². The van der Waals surface area contributed by atoms with Crippen molar-refractivity contribution in [2.24, 2.45) is 0 Å². The Morgan fingerprint density at radius 1 is 1.04 bits per heavy atom. The summed E-state index contributed by atoms with van der Waals surface area (Å²) in [5.74, 6) is 0.903. The third-order valence-corrected chi connectivity index (χ3v) is 5.87. The molecule has 0 fully saturated rings. The zero-order valence-electron chi connectivity index (χ0n) is 14.7. The Bertz CT molecular complexity index is 681. The molecule has 0 aliphatic heterocycles. The zero-order valence-corrected chi connectivity index (χ0v) is 18.6. The highest BCUT2D eigenvalue weighted by Crippen LogP contribution is 2.27. The van der Waals surface area contributed by atoms with Gasteiger partial charge in [-0.25, -0.2) is 0 Å². The molecule has 0 heterocycles. The van der Waals surface area contributed by atoms with Gasteiger partial charge in [0.15, 0.2) is 8.32 Å². The topological polar surface area (TPSA) is 18.5 Å². The molecule has 2 aromatic rings. The van der Waals surface area contributed by atoms with Crippen molar-refractivity contribution in [1.29, 1.82) is 0 Å². The minimum absolute atomic E-state index is 0.636. The molecule has 0 aliphatic carbocycles. The molecule has 130 valence electrons. The van der Waals surface area contributed by atoms with Gasteiger partial charge in [0.05, 0.1) is 13.2 Å². The second-order valence-electron chi connectivity index (χ2n) is 6.69. The van der Waals surface area contributed by atoms with Gasteiger partial charge < -0.3 is 9.16 Å². The molecule has 2 nitrogen and oxygen atoms in total. The van der Waals surface area contributed by atoms with E-state index in [4.69, 9.17) is 20.8 Å². The molecular weight excluding hydrogens is 451 g/mol. The van der Waals surface area contributed by atoms with Crippen LogP contribution in [0.2, 0.25) is 24.7 Å². The maximum absolute atomic E-state index is 6.51. The van der Waals surface area contributed by atoms with Gasteiger partial charge in [-0.2, -0.15) is 0 Å². The van der Waals surface area contributed by atoms with E-state index in [9.17, 15) is 0 Å². The predicted molar refractivity (Wildman–Crippen MR) is 113 cm³/mol. The number of halogens is 2. The van der Waals surface area contributed by atoms with Gasteiger partial charge in [-0.05, 0) is 96.5 Å². The highest BCUT2D eigenvalue weighted by Gasteiger charge is 2.16. The van der Waals surface area contributed by atoms with Crippen molar-refractivity contribution in [2.75, 3.05) is 6.61 Å². The molecule has 0 saturated carbocycles. The smallest absolute Gasteiger partial charge is 0.184 e. The lowest BCUT2D eigenvalue weighted by Gasteiger charge is -2.18. The van der Waals surface area contributed by atoms with E-state index in [1.54, 1.807) is 0 Å². The minimum Gasteiger partial charge on any atom is -0.494 e. The number of rotatable bonds is 7. The Morgan fingerprint density at radius 2 is 1.71 bits per heavy atom. The summed E-state index contributed by atoms with van der Waals surface area (Å²) >= 11 is 8.88. The molecule has 2 aromatic carbocycles. The molecule has 0 spiro atoms. The van der Waals surface area contributed by atoms with Crippen LogP contribution in [0.4, 0.5) is 0 Å². The van der Waals surface area contributed by atoms with Crippen LogP contribution in [-0.2, 0) is 17.5 Å². The maximum atomic E-state index is 6.51. The normalized spacial score (nSPS) is 11.6. The van der Waals surface area contributed by atoms with Crippen LogP contribution in [0.5, 0.6) is 5.75 Å². The molecule has 5 heteroatoms. The first-order valence-corrected chi connectivity index (χ1v) is 13.0. The van der Waals surface area contributed by atoms with E-state index in [2.05, 4.69) is 60.4 Å². The average Bonchev–Trinajstić information content (AvgIpc) is 2.50. The Balaban J connectivity index is 2.12. The molecule has 24 heavy (non-hydrogen) atoms. The molecule has 0 N–H and O–H groups in total. The fourth-order valence-electron chi connectivity index (χ4n) is 2.26. The van der Waals surface area contributed by atoms with E-state index in [0.717, 1.165) is 22.8 Å². The summed E-state index contributed by atoms with van der Waals surface area (Å²) in [5.41, 5.74) is 3.53. The average molecular weight is 475 g/mol. The highest BCUT2D eigenvalue weighted by atomic mass is 127. The van der Waals surface area contributed by atoms with E-state index in [1.165, 1.54) is 14.7 Å². The van der Waals surface area contributed by atoms with E-state index >= 15 is 0 Å². The highest BCUT2D eigenvalue weighted by molar-refractivity contribution is 14.1. The number of hydrogen-bond acceptors (Lipinski definition) is 2. The van der Waals surface area contributed by atoms with E-state index < -0.39 is 8.32 Å². The number of ether oxygens (including phenoxy) is 1. The van der Waals surface area contributed by atoms with E-state index in [-0.39, 0.29) is 0 Å². The van der Waals surface area contributed by atoms with Crippen LogP contribution in [0, 0.1) is 3.57 Å². The first-order chi connectivity index (χ1) is 11.3. The van der Waals surface area contributed by atoms with Crippen molar-refractivity contribution >= 4 is 42.5 Å². The second-order valence-corrected chi connectivity index (χ2v) is 12.8. The molecule has 0 aliphatic rings. The summed E-state index contributed by atoms with van der Waals surface area (Å²) < 4.78 is 12.7. The molecule has 2 rings (SSSR count). The Labute approximate surface area is 164 Å². The van der Waals surface area contributed by atoms with Crippen LogP contribution in [0.3, 0.4) is 0 Å². The van der Waals surface area contributed by atoms with Gasteiger partial charge in [0.25, 0.3) is 0 Å². The van der Waals surface area contributed by atoms with Gasteiger partial charge in [-0.1, -0.05) is 23.7 Å². The Hall–Kier alpha value is -0.563. The minimum atomic E-state index is -1.53. The molecule has 0 radical (unpaired) electrons. The van der Waals surface area contributed by atoms with Crippen LogP contribution in [0.1, 0.15) is 23.6 Å². The summed E-state index contributed by atoms with van der Waals surface area (Å²) in [4.78, 5) is 0. The van der Waals surface area contributed by atoms with Crippen molar-refractivity contribution in [3.63, 3.8) is 0 Å². The van der Waals surface area contributed by atoms with Crippen LogP contribution in [-0.4, -0.2) is 14.9 Å². The summed E-state index contributed by atoms with van der Waals surface area (Å²) in [6, 6.07) is 12.4. The first-order valence-electron chi connectivity index (χ1n) is 8.11. The van der Waals surface area contributed by atoms with Crippen LogP contribution >= 0.6 is 34.2 Å². The standard InChI is InChI=1S/C19H24ClIO2Si/c1-5-22-17-8-6-14(7-9-17)10-15-12-19(21)16(11-18(15)20)13-23-24(2,3)4/h6-9,11-12H,5,10,13H2,1-4H3. The molecule has 0 saturated heterocycles. The van der Waals surface area contributed by atoms with Crippen LogP contribution in [0.25, 0.3) is 0 Å². The Morgan fingerprint density at radius 3 is 2.29 bits per heavy atom. The molecule has 0 unspecified atom stereocenters. The third-order valence-electron chi connectivity index (χ3n) is 3.51. The molecule has 0 bridgehead atoms. The quantitative estimate of drug-likeness (QED) is 0.347. The molecule has 0 aromatic heterocycles. The number of benzene rings is 2. The van der Waals surface area contributed by atoms with Gasteiger partial charge in [0, 0.05) is 8.59 Å². The summed E-state index contributed by atoms with van der Waals surface area (Å²) in [6.07, 6.45) is 0.816. The van der Waals surface area contributed by atoms with Gasteiger partial charge >= 0.3 is 0 Å². The fraction of sp³-hybridized carbons (Fsp3) is 0.368. The van der Waals surface area contributed by atoms with E-state index in [1.807, 2.05) is 25.1 Å². The fourth-order valence-corrected chi connectivity index (χ4v) is 3.79. The SMILES string of the molecule is CCOc1ccc(Cc2cc(I)c(CO[Si](C)(C)C)cc2Cl)cc1. The van der Waals surface area contributed by atoms with Crippen molar-refractivity contribution in [1.82, 2.24) is 0 Å². The predicted octanol–water partition coefficient (Wildman–Crippen LogP) is 6.29. The lowest BCUT2D eigenvalue weighted by molar-refractivity contribution is 0.298. The van der Waals surface area contributed by atoms with E-state index in [0.29, 0.717) is 13.2 Å². The molecule has 0 atom stereocenters. The lowest BCUT2D eigenvalue weighted by atomic mass is 10.0. The summed E-state index contributed by atoms with van der Waals surface area (Å²) in [7, 11) is -1.53. The largest absolute Gasteiger partial charge is 0.494 e. The van der Waals surface area contributed by atoms with Crippen LogP contribution < -0.4 is 4.74 Å². The summed E-state index contributed by atoms with van der Waals surface area (Å²) in [5, 5.41) is 0.804. The third kappa shape index (κ3) is 6.06. The van der Waals surface area contributed by atoms with Crippen molar-refractivity contribution < 1.29 is 9.16 Å². The number of hydrogen-bond donors (Lipinski definition) is 0. The molecular formula is C19H24ClIO2Si. The second kappa shape index (κ2) is 8.69. The van der Waals surface area contributed by atoms with Crippen molar-refractivity contribution in [3.05, 3.63) is 61.7 Å². The first kappa shape index (κ1) is 19.8. The van der Waals surface area contributed by atoms with Crippen molar-refractivity contribution in [2.45, 2.75) is 39.6 Å². The lowest BCUT2D eigenvalue weighted by Crippen LogP contribution is -2.25. The monoisotopic (exact) mass is 474 g/mol. The molecule has 0 amide bonds. The Kier molecular flexibility index (Phi) is 7.16. The van der Waals surface area contributed by atoms with Crippen molar-refractivity contribution in [3.8, 4) is 5.75 Å². The van der Waals surface area contributed by atoms with Gasteiger partial charge in [-0.15, -0.1) is 0 Å². The maximum Gasteiger partial charge on any atom is 0.184 e. The zero-order chi connectivity index (χ0) is 17.7. The van der Waals surface area contributed by atoms with Crippen LogP contribution in [0.15, 0.2) is 36.4 Å². The van der Waals surface area contributed by atoms with Gasteiger partial charge in [-0.3, -0.25) is 0 Å². The summed E-state index contributed by atoms with van der Waals surface area (Å²) in [6.45, 7) is 9.90. The van der Waals surface area contributed by atoms with Gasteiger partial charge in [0.2, 0.25) is 0 Å².